The maximum Gasteiger partial charge on any atom is 0.191 e. The van der Waals surface area contributed by atoms with Crippen LogP contribution >= 0.6 is 23.4 Å². The second-order valence-corrected chi connectivity index (χ2v) is 6.25. The molecule has 0 amide bonds. The van der Waals surface area contributed by atoms with Crippen molar-refractivity contribution in [1.82, 2.24) is 14.8 Å². The molecule has 94 valence electrons. The minimum Gasteiger partial charge on any atom is -0.306 e. The third kappa shape index (κ3) is 2.40. The Morgan fingerprint density at radius 1 is 1.39 bits per heavy atom. The zero-order chi connectivity index (χ0) is 12.5. The van der Waals surface area contributed by atoms with Gasteiger partial charge in [-0.2, -0.15) is 0 Å². The Bertz CT molecular complexity index is 551. The Morgan fingerprint density at radius 2 is 2.17 bits per heavy atom. The first-order valence-electron chi connectivity index (χ1n) is 6.06. The number of thioether (sulfide) groups is 1. The summed E-state index contributed by atoms with van der Waals surface area (Å²) in [5.41, 5.74) is 1.15. The Labute approximate surface area is 116 Å². The fraction of sp³-hybridized carbons (Fsp3) is 0.385. The van der Waals surface area contributed by atoms with Crippen LogP contribution in [0.4, 0.5) is 0 Å². The van der Waals surface area contributed by atoms with E-state index in [-0.39, 0.29) is 5.25 Å². The van der Waals surface area contributed by atoms with Gasteiger partial charge < -0.3 is 4.57 Å². The third-order valence-corrected chi connectivity index (χ3v) is 4.56. The molecular weight excluding hydrogens is 266 g/mol. The van der Waals surface area contributed by atoms with Gasteiger partial charge in [0.15, 0.2) is 5.16 Å². The van der Waals surface area contributed by atoms with Crippen molar-refractivity contribution in [2.75, 3.05) is 0 Å². The van der Waals surface area contributed by atoms with Gasteiger partial charge in [-0.25, -0.2) is 0 Å². The molecule has 2 aromatic rings. The highest BCUT2D eigenvalue weighted by Crippen LogP contribution is 2.41. The van der Waals surface area contributed by atoms with E-state index in [1.807, 2.05) is 24.5 Å². The van der Waals surface area contributed by atoms with Crippen LogP contribution in [0.3, 0.4) is 0 Å². The highest BCUT2D eigenvalue weighted by atomic mass is 35.5. The summed E-state index contributed by atoms with van der Waals surface area (Å²) in [4.78, 5) is 0. The molecule has 18 heavy (non-hydrogen) atoms. The molecule has 0 N–H and O–H groups in total. The number of hydrogen-bond acceptors (Lipinski definition) is 3. The molecule has 1 heterocycles. The minimum absolute atomic E-state index is 0.278. The zero-order valence-corrected chi connectivity index (χ0v) is 11.7. The monoisotopic (exact) mass is 279 g/mol. The Morgan fingerprint density at radius 3 is 2.89 bits per heavy atom. The lowest BCUT2D eigenvalue weighted by molar-refractivity contribution is 0.661. The summed E-state index contributed by atoms with van der Waals surface area (Å²) in [7, 11) is 0. The van der Waals surface area contributed by atoms with E-state index in [4.69, 9.17) is 11.6 Å². The van der Waals surface area contributed by atoms with Crippen molar-refractivity contribution in [3.63, 3.8) is 0 Å². The molecule has 0 saturated heterocycles. The molecule has 0 bridgehead atoms. The highest BCUT2D eigenvalue weighted by molar-refractivity contribution is 7.99. The zero-order valence-electron chi connectivity index (χ0n) is 10.1. The maximum absolute atomic E-state index is 6.22. The molecule has 1 aliphatic carbocycles. The molecule has 1 fully saturated rings. The molecule has 3 nitrogen and oxygen atoms in total. The summed E-state index contributed by atoms with van der Waals surface area (Å²) < 4.78 is 2.18. The average molecular weight is 280 g/mol. The van der Waals surface area contributed by atoms with Crippen LogP contribution in [-0.2, 0) is 0 Å². The smallest absolute Gasteiger partial charge is 0.191 e. The molecule has 1 saturated carbocycles. The molecular formula is C13H14ClN3S. The quantitative estimate of drug-likeness (QED) is 0.789. The van der Waals surface area contributed by atoms with Gasteiger partial charge in [0.05, 0.1) is 0 Å². The number of halogens is 1. The normalized spacial score (nSPS) is 16.8. The van der Waals surface area contributed by atoms with E-state index in [1.165, 1.54) is 12.8 Å². The van der Waals surface area contributed by atoms with Crippen LogP contribution in [0.1, 0.15) is 36.6 Å². The summed E-state index contributed by atoms with van der Waals surface area (Å²) in [6.07, 6.45) is 4.32. The minimum atomic E-state index is 0.278. The number of hydrogen-bond donors (Lipinski definition) is 0. The summed E-state index contributed by atoms with van der Waals surface area (Å²) in [5, 5.41) is 10.3. The van der Waals surface area contributed by atoms with E-state index in [9.17, 15) is 0 Å². The van der Waals surface area contributed by atoms with Crippen molar-refractivity contribution in [1.29, 1.82) is 0 Å². The van der Waals surface area contributed by atoms with Crippen molar-refractivity contribution in [3.05, 3.63) is 41.2 Å². The first kappa shape index (κ1) is 12.1. The molecule has 0 aliphatic heterocycles. The van der Waals surface area contributed by atoms with Crippen molar-refractivity contribution in [2.45, 2.75) is 36.2 Å². The van der Waals surface area contributed by atoms with Crippen molar-refractivity contribution in [2.24, 2.45) is 0 Å². The molecule has 1 aliphatic rings. The number of benzene rings is 1. The van der Waals surface area contributed by atoms with Gasteiger partial charge in [0.1, 0.15) is 6.33 Å². The van der Waals surface area contributed by atoms with Gasteiger partial charge >= 0.3 is 0 Å². The van der Waals surface area contributed by atoms with Crippen LogP contribution in [0.15, 0.2) is 35.7 Å². The van der Waals surface area contributed by atoms with E-state index in [2.05, 4.69) is 27.8 Å². The van der Waals surface area contributed by atoms with E-state index in [0.717, 1.165) is 15.7 Å². The first-order valence-corrected chi connectivity index (χ1v) is 7.32. The highest BCUT2D eigenvalue weighted by Gasteiger charge is 2.27. The first-order chi connectivity index (χ1) is 8.75. The fourth-order valence-corrected chi connectivity index (χ4v) is 3.37. The predicted octanol–water partition coefficient (Wildman–Crippen LogP) is 4.12. The van der Waals surface area contributed by atoms with Gasteiger partial charge in [0.2, 0.25) is 0 Å². The summed E-state index contributed by atoms with van der Waals surface area (Å²) >= 11 is 7.94. The number of rotatable bonds is 4. The molecule has 1 aromatic carbocycles. The van der Waals surface area contributed by atoms with Crippen LogP contribution in [0.5, 0.6) is 0 Å². The predicted molar refractivity (Wildman–Crippen MR) is 74.0 cm³/mol. The van der Waals surface area contributed by atoms with Gasteiger partial charge in [0, 0.05) is 16.3 Å². The van der Waals surface area contributed by atoms with Gasteiger partial charge in [-0.1, -0.05) is 41.6 Å². The second kappa shape index (κ2) is 4.94. The number of nitrogens with zero attached hydrogens (tertiary/aromatic N) is 3. The van der Waals surface area contributed by atoms with E-state index < -0.39 is 0 Å². The molecule has 1 atom stereocenters. The fourth-order valence-electron chi connectivity index (χ4n) is 1.95. The van der Waals surface area contributed by atoms with E-state index in [0.29, 0.717) is 6.04 Å². The third-order valence-electron chi connectivity index (χ3n) is 3.11. The molecule has 3 rings (SSSR count). The van der Waals surface area contributed by atoms with Crippen LogP contribution in [0.25, 0.3) is 0 Å². The Balaban J connectivity index is 1.79. The van der Waals surface area contributed by atoms with Gasteiger partial charge in [-0.05, 0) is 31.4 Å². The topological polar surface area (TPSA) is 30.7 Å². The molecule has 0 spiro atoms. The van der Waals surface area contributed by atoms with Gasteiger partial charge in [-0.15, -0.1) is 10.2 Å². The number of aromatic nitrogens is 3. The van der Waals surface area contributed by atoms with Crippen LogP contribution < -0.4 is 0 Å². The van der Waals surface area contributed by atoms with Gasteiger partial charge in [0.25, 0.3) is 0 Å². The van der Waals surface area contributed by atoms with E-state index in [1.54, 1.807) is 11.8 Å². The molecule has 1 aromatic heterocycles. The van der Waals surface area contributed by atoms with E-state index >= 15 is 0 Å². The molecule has 0 unspecified atom stereocenters. The standard InChI is InChI=1S/C13H14ClN3S/c1-9(11-4-2-3-5-12(11)14)18-13-16-15-8-17(13)10-6-7-10/h2-5,8-10H,6-7H2,1H3/t9-/m1/s1. The van der Waals surface area contributed by atoms with Crippen molar-refractivity contribution >= 4 is 23.4 Å². The lowest BCUT2D eigenvalue weighted by atomic mass is 10.2. The second-order valence-electron chi connectivity index (χ2n) is 4.53. The molecule has 0 radical (unpaired) electrons. The lowest BCUT2D eigenvalue weighted by Gasteiger charge is -2.13. The van der Waals surface area contributed by atoms with Crippen LogP contribution in [-0.4, -0.2) is 14.8 Å². The maximum atomic E-state index is 6.22. The SMILES string of the molecule is C[C@@H](Sc1nncn1C1CC1)c1ccccc1Cl. The summed E-state index contributed by atoms with van der Waals surface area (Å²) in [5.74, 6) is 0. The van der Waals surface area contributed by atoms with Crippen molar-refractivity contribution < 1.29 is 0 Å². The summed E-state index contributed by atoms with van der Waals surface area (Å²) in [6, 6.07) is 8.58. The van der Waals surface area contributed by atoms with Crippen LogP contribution in [0.2, 0.25) is 5.02 Å². The lowest BCUT2D eigenvalue weighted by Crippen LogP contribution is -1.97. The van der Waals surface area contributed by atoms with Gasteiger partial charge in [-0.3, -0.25) is 0 Å². The van der Waals surface area contributed by atoms with Crippen LogP contribution in [0, 0.1) is 0 Å². The Hall–Kier alpha value is -1.00. The Kier molecular flexibility index (Phi) is 3.31. The summed E-state index contributed by atoms with van der Waals surface area (Å²) in [6.45, 7) is 2.15. The average Bonchev–Trinajstić information content (AvgIpc) is 3.11. The van der Waals surface area contributed by atoms with Crippen molar-refractivity contribution in [3.8, 4) is 0 Å². The largest absolute Gasteiger partial charge is 0.306 e. The molecule has 5 heteroatoms.